The van der Waals surface area contributed by atoms with Crippen LogP contribution in [0.25, 0.3) is 0 Å². The van der Waals surface area contributed by atoms with Crippen molar-refractivity contribution in [1.82, 2.24) is 5.06 Å². The van der Waals surface area contributed by atoms with Crippen LogP contribution in [0.3, 0.4) is 0 Å². The van der Waals surface area contributed by atoms with Crippen molar-refractivity contribution in [2.24, 2.45) is 5.41 Å². The maximum Gasteiger partial charge on any atom is 0.404 e. The summed E-state index contributed by atoms with van der Waals surface area (Å²) in [6, 6.07) is 0. The number of rotatable bonds is 11. The highest BCUT2D eigenvalue weighted by Crippen LogP contribution is 2.61. The van der Waals surface area contributed by atoms with Gasteiger partial charge in [0.15, 0.2) is 5.60 Å². The summed E-state index contributed by atoms with van der Waals surface area (Å²) in [4.78, 5) is 27.4. The lowest BCUT2D eigenvalue weighted by molar-refractivity contribution is -0.309. The van der Waals surface area contributed by atoms with Gasteiger partial charge >= 0.3 is 13.6 Å². The molecule has 0 fully saturated rings. The van der Waals surface area contributed by atoms with Crippen LogP contribution in [0.2, 0.25) is 0 Å². The SMILES string of the molecule is CCOOP(=O)(OOCC)C(N(OC(C)(C)C(=O)O)C(C)(C)C)C(C)(C)C. The molecule has 27 heavy (non-hydrogen) atoms. The third kappa shape index (κ3) is 7.77. The average molecular weight is 413 g/mol. The van der Waals surface area contributed by atoms with Crippen LogP contribution in [-0.4, -0.2) is 46.3 Å². The van der Waals surface area contributed by atoms with Crippen molar-refractivity contribution < 1.29 is 38.4 Å². The van der Waals surface area contributed by atoms with Crippen molar-refractivity contribution in [2.75, 3.05) is 13.2 Å². The van der Waals surface area contributed by atoms with Gasteiger partial charge in [0.1, 0.15) is 5.78 Å². The highest BCUT2D eigenvalue weighted by atomic mass is 31.2. The van der Waals surface area contributed by atoms with E-state index in [-0.39, 0.29) is 13.2 Å². The molecule has 0 bridgehead atoms. The number of hydrogen-bond donors (Lipinski definition) is 1. The first-order valence-electron chi connectivity index (χ1n) is 8.97. The molecule has 0 spiro atoms. The molecular weight excluding hydrogens is 377 g/mol. The van der Waals surface area contributed by atoms with Gasteiger partial charge in [-0.3, -0.25) is 9.40 Å². The first kappa shape index (κ1) is 26.5. The Morgan fingerprint density at radius 3 is 1.63 bits per heavy atom. The molecule has 1 atom stereocenters. The molecule has 162 valence electrons. The number of carboxylic acid groups (broad SMARTS) is 1. The Morgan fingerprint density at radius 2 is 1.37 bits per heavy atom. The third-order valence-corrected chi connectivity index (χ3v) is 5.56. The number of aliphatic carboxylic acids is 1. The molecule has 0 heterocycles. The summed E-state index contributed by atoms with van der Waals surface area (Å²) in [6.45, 7) is 17.3. The Balaban J connectivity index is 6.35. The first-order valence-corrected chi connectivity index (χ1v) is 10.6. The number of carbonyl (C=O) groups is 1. The number of hydrogen-bond acceptors (Lipinski definition) is 8. The molecule has 0 radical (unpaired) electrons. The lowest BCUT2D eigenvalue weighted by atomic mass is 9.94. The van der Waals surface area contributed by atoms with E-state index in [1.165, 1.54) is 18.9 Å². The molecular formula is C17H36NO8P. The van der Waals surface area contributed by atoms with Crippen molar-refractivity contribution in [2.45, 2.75) is 86.2 Å². The summed E-state index contributed by atoms with van der Waals surface area (Å²) in [5, 5.41) is 10.8. The van der Waals surface area contributed by atoms with E-state index in [1.807, 2.05) is 20.8 Å². The first-order chi connectivity index (χ1) is 12.0. The van der Waals surface area contributed by atoms with Crippen molar-refractivity contribution in [1.29, 1.82) is 0 Å². The van der Waals surface area contributed by atoms with E-state index in [4.69, 9.17) is 24.0 Å². The summed E-state index contributed by atoms with van der Waals surface area (Å²) in [5.41, 5.74) is -3.07. The zero-order valence-corrected chi connectivity index (χ0v) is 19.1. The van der Waals surface area contributed by atoms with E-state index in [2.05, 4.69) is 0 Å². The average Bonchev–Trinajstić information content (AvgIpc) is 2.48. The molecule has 0 aromatic rings. The van der Waals surface area contributed by atoms with E-state index in [0.717, 1.165) is 0 Å². The summed E-state index contributed by atoms with van der Waals surface area (Å²) < 4.78 is 24.0. The molecule has 0 saturated carbocycles. The zero-order valence-electron chi connectivity index (χ0n) is 18.2. The third-order valence-electron chi connectivity index (χ3n) is 3.35. The van der Waals surface area contributed by atoms with Crippen LogP contribution in [-0.2, 0) is 33.3 Å². The highest BCUT2D eigenvalue weighted by Gasteiger charge is 2.55. The van der Waals surface area contributed by atoms with Gasteiger partial charge in [0.25, 0.3) is 0 Å². The highest BCUT2D eigenvalue weighted by molar-refractivity contribution is 7.54. The number of hydroxylamine groups is 2. The van der Waals surface area contributed by atoms with Crippen LogP contribution >= 0.6 is 7.60 Å². The minimum atomic E-state index is -4.09. The number of nitrogens with zero attached hydrogens (tertiary/aromatic N) is 1. The van der Waals surface area contributed by atoms with Crippen LogP contribution in [0.1, 0.15) is 69.2 Å². The zero-order chi connectivity index (χ0) is 21.7. The smallest absolute Gasteiger partial charge is 0.404 e. The Labute approximate surface area is 162 Å². The molecule has 0 aromatic heterocycles. The molecule has 0 amide bonds. The lowest BCUT2D eigenvalue weighted by Gasteiger charge is -2.48. The van der Waals surface area contributed by atoms with Gasteiger partial charge in [0.05, 0.1) is 13.2 Å². The van der Waals surface area contributed by atoms with Crippen molar-refractivity contribution in [3.05, 3.63) is 0 Å². The minimum Gasteiger partial charge on any atom is -0.479 e. The Bertz CT molecular complexity index is 512. The number of carboxylic acids is 1. The van der Waals surface area contributed by atoms with Gasteiger partial charge in [0.2, 0.25) is 0 Å². The molecule has 0 aliphatic carbocycles. The van der Waals surface area contributed by atoms with E-state index in [9.17, 15) is 14.5 Å². The van der Waals surface area contributed by atoms with Crippen LogP contribution in [0.5, 0.6) is 0 Å². The maximum atomic E-state index is 13.7. The molecule has 0 aromatic carbocycles. The van der Waals surface area contributed by atoms with Gasteiger partial charge in [-0.15, -0.1) is 9.35 Å². The molecule has 1 N–H and O–H groups in total. The minimum absolute atomic E-state index is 0.132. The maximum absolute atomic E-state index is 13.7. The normalized spacial score (nSPS) is 15.2. The van der Waals surface area contributed by atoms with Gasteiger partial charge in [0, 0.05) is 5.54 Å². The molecule has 1 unspecified atom stereocenters. The van der Waals surface area contributed by atoms with Gasteiger partial charge in [-0.2, -0.15) is 5.06 Å². The molecule has 0 aliphatic heterocycles. The second-order valence-electron chi connectivity index (χ2n) is 8.65. The molecule has 0 rings (SSSR count). The van der Waals surface area contributed by atoms with Gasteiger partial charge < -0.3 is 5.11 Å². The van der Waals surface area contributed by atoms with E-state index in [1.54, 1.807) is 34.6 Å². The Hall–Kier alpha value is -0.540. The van der Waals surface area contributed by atoms with Crippen LogP contribution in [0, 0.1) is 5.41 Å². The monoisotopic (exact) mass is 413 g/mol. The second kappa shape index (κ2) is 9.78. The van der Waals surface area contributed by atoms with Crippen LogP contribution in [0.4, 0.5) is 0 Å². The molecule has 0 aliphatic rings. The van der Waals surface area contributed by atoms with Gasteiger partial charge in [-0.1, -0.05) is 20.8 Å². The Morgan fingerprint density at radius 1 is 0.963 bits per heavy atom. The van der Waals surface area contributed by atoms with Gasteiger partial charge in [-0.05, 0) is 53.9 Å². The topological polar surface area (TPSA) is 104 Å². The quantitative estimate of drug-likeness (QED) is 0.300. The lowest BCUT2D eigenvalue weighted by Crippen LogP contribution is -2.57. The standard InChI is InChI=1S/C17H36NO8P/c1-11-22-25-27(21,26-23-12-2)13(15(3,4)5)18(16(6,7)8)24-17(9,10)14(19)20/h13H,11-12H2,1-10H3,(H,19,20). The van der Waals surface area contributed by atoms with Gasteiger partial charge in [-0.25, -0.2) is 14.6 Å². The summed E-state index contributed by atoms with van der Waals surface area (Å²) in [7, 11) is -4.09. The Kier molecular flexibility index (Phi) is 9.59. The van der Waals surface area contributed by atoms with Crippen molar-refractivity contribution in [3.63, 3.8) is 0 Å². The summed E-state index contributed by atoms with van der Waals surface area (Å²) in [5.74, 6) is -2.21. The fourth-order valence-corrected chi connectivity index (χ4v) is 4.43. The predicted molar refractivity (Wildman–Crippen MR) is 101 cm³/mol. The fourth-order valence-electron chi connectivity index (χ4n) is 2.14. The van der Waals surface area contributed by atoms with Crippen LogP contribution in [0.15, 0.2) is 0 Å². The predicted octanol–water partition coefficient (Wildman–Crippen LogP) is 4.38. The van der Waals surface area contributed by atoms with Crippen molar-refractivity contribution >= 4 is 13.6 Å². The largest absolute Gasteiger partial charge is 0.479 e. The molecule has 9 nitrogen and oxygen atoms in total. The summed E-state index contributed by atoms with van der Waals surface area (Å²) >= 11 is 0. The van der Waals surface area contributed by atoms with Crippen LogP contribution < -0.4 is 0 Å². The fraction of sp³-hybridized carbons (Fsp3) is 0.941. The van der Waals surface area contributed by atoms with E-state index >= 15 is 0 Å². The molecule has 0 saturated heterocycles. The molecule has 10 heteroatoms. The summed E-state index contributed by atoms with van der Waals surface area (Å²) in [6.07, 6.45) is 0. The van der Waals surface area contributed by atoms with E-state index < -0.39 is 35.9 Å². The second-order valence-corrected chi connectivity index (χ2v) is 10.5. The van der Waals surface area contributed by atoms with Crippen molar-refractivity contribution in [3.8, 4) is 0 Å². The van der Waals surface area contributed by atoms with E-state index in [0.29, 0.717) is 0 Å².